The van der Waals surface area contributed by atoms with Crippen LogP contribution < -0.4 is 0 Å². The summed E-state index contributed by atoms with van der Waals surface area (Å²) in [6.07, 6.45) is 6.77. The van der Waals surface area contributed by atoms with Crippen molar-refractivity contribution in [2.75, 3.05) is 32.8 Å². The number of aliphatic hydroxyl groups excluding tert-OH is 1. The van der Waals surface area contributed by atoms with Gasteiger partial charge in [0.2, 0.25) is 11.8 Å². The minimum Gasteiger partial charge on any atom is -0.466 e. The Morgan fingerprint density at radius 1 is 1.27 bits per heavy atom. The number of amides is 2. The fourth-order valence-corrected chi connectivity index (χ4v) is 6.08. The summed E-state index contributed by atoms with van der Waals surface area (Å²) in [5.41, 5.74) is -1.82. The maximum Gasteiger partial charge on any atom is 0.312 e. The number of likely N-dealkylation sites (tertiary alicyclic amines) is 1. The fraction of sp³-hybridized carbons (Fsp3) is 0.800. The predicted molar refractivity (Wildman–Crippen MR) is 123 cm³/mol. The van der Waals surface area contributed by atoms with Crippen LogP contribution in [0, 0.1) is 11.8 Å². The highest BCUT2D eigenvalue weighted by Gasteiger charge is 2.78. The molecule has 1 N–H and O–H groups in total. The van der Waals surface area contributed by atoms with Crippen molar-refractivity contribution in [3.05, 3.63) is 12.7 Å². The lowest BCUT2D eigenvalue weighted by Gasteiger charge is -2.37. The number of aliphatic hydroxyl groups is 1. The van der Waals surface area contributed by atoms with Gasteiger partial charge in [0.15, 0.2) is 0 Å². The highest BCUT2D eigenvalue weighted by Crippen LogP contribution is 2.63. The number of unbranched alkanes of at least 4 members (excludes halogenated alkanes) is 3. The standard InChI is InChI=1S/C25H40N2O6/c1-5-8-15-26(14-6-2)22(30)20-25-13-12-24(4,33-25)19(23(31)32-7-3)18(25)21(29)27(20)16-10-9-11-17-28/h6,18-20,28H,2,5,7-17H2,1,3-4H3/t18-,19-,20?,24+,25?/m0/s1. The van der Waals surface area contributed by atoms with Gasteiger partial charge in [-0.05, 0) is 52.4 Å². The number of nitrogens with zero attached hydrogens (tertiary/aromatic N) is 2. The molecule has 8 nitrogen and oxygen atoms in total. The van der Waals surface area contributed by atoms with Gasteiger partial charge >= 0.3 is 5.97 Å². The van der Waals surface area contributed by atoms with Crippen molar-refractivity contribution in [2.24, 2.45) is 11.8 Å². The van der Waals surface area contributed by atoms with Crippen LogP contribution in [-0.4, -0.2) is 82.8 Å². The molecule has 3 aliphatic rings. The summed E-state index contributed by atoms with van der Waals surface area (Å²) >= 11 is 0. The van der Waals surface area contributed by atoms with E-state index in [-0.39, 0.29) is 25.0 Å². The minimum atomic E-state index is -1.01. The van der Waals surface area contributed by atoms with E-state index in [0.717, 1.165) is 19.3 Å². The van der Waals surface area contributed by atoms with Gasteiger partial charge in [0, 0.05) is 26.2 Å². The van der Waals surface area contributed by atoms with Gasteiger partial charge in [-0.2, -0.15) is 0 Å². The van der Waals surface area contributed by atoms with E-state index in [2.05, 4.69) is 13.5 Å². The van der Waals surface area contributed by atoms with Crippen molar-refractivity contribution in [1.29, 1.82) is 0 Å². The molecule has 1 spiro atoms. The first-order valence-corrected chi connectivity index (χ1v) is 12.5. The van der Waals surface area contributed by atoms with Crippen molar-refractivity contribution < 1.29 is 29.0 Å². The summed E-state index contributed by atoms with van der Waals surface area (Å²) in [6.45, 7) is 11.2. The summed E-state index contributed by atoms with van der Waals surface area (Å²) < 4.78 is 11.9. The van der Waals surface area contributed by atoms with Crippen molar-refractivity contribution in [2.45, 2.75) is 83.0 Å². The van der Waals surface area contributed by atoms with Crippen LogP contribution in [0.15, 0.2) is 12.7 Å². The zero-order chi connectivity index (χ0) is 24.2. The average molecular weight is 465 g/mol. The third-order valence-corrected chi connectivity index (χ3v) is 7.55. The van der Waals surface area contributed by atoms with Crippen molar-refractivity contribution >= 4 is 17.8 Å². The van der Waals surface area contributed by atoms with Crippen molar-refractivity contribution in [1.82, 2.24) is 9.80 Å². The molecule has 3 aliphatic heterocycles. The summed E-state index contributed by atoms with van der Waals surface area (Å²) in [7, 11) is 0. The highest BCUT2D eigenvalue weighted by molar-refractivity contribution is 5.98. The van der Waals surface area contributed by atoms with Gasteiger partial charge in [-0.3, -0.25) is 14.4 Å². The molecule has 0 saturated carbocycles. The van der Waals surface area contributed by atoms with Crippen molar-refractivity contribution in [3.8, 4) is 0 Å². The lowest BCUT2D eigenvalue weighted by Crippen LogP contribution is -2.56. The van der Waals surface area contributed by atoms with Gasteiger partial charge < -0.3 is 24.4 Å². The highest BCUT2D eigenvalue weighted by atomic mass is 16.6. The predicted octanol–water partition coefficient (Wildman–Crippen LogP) is 2.29. The van der Waals surface area contributed by atoms with E-state index in [4.69, 9.17) is 14.6 Å². The second kappa shape index (κ2) is 10.6. The molecule has 2 bridgehead atoms. The number of fused-ring (bicyclic) bond motifs is 1. The van der Waals surface area contributed by atoms with Gasteiger partial charge in [0.1, 0.15) is 17.6 Å². The molecule has 0 radical (unpaired) electrons. The topological polar surface area (TPSA) is 96.4 Å². The number of ether oxygens (including phenoxy) is 2. The molecule has 2 unspecified atom stereocenters. The monoisotopic (exact) mass is 464 g/mol. The van der Waals surface area contributed by atoms with E-state index in [1.807, 2.05) is 6.92 Å². The molecular weight excluding hydrogens is 424 g/mol. The number of carbonyl (C=O) groups is 3. The Kier molecular flexibility index (Phi) is 8.22. The molecular formula is C25H40N2O6. The Bertz CT molecular complexity index is 757. The summed E-state index contributed by atoms with van der Waals surface area (Å²) in [4.78, 5) is 44.2. The first kappa shape index (κ1) is 25.7. The lowest BCUT2D eigenvalue weighted by atomic mass is 9.66. The Morgan fingerprint density at radius 3 is 2.67 bits per heavy atom. The Balaban J connectivity index is 1.98. The van der Waals surface area contributed by atoms with Gasteiger partial charge in [0.25, 0.3) is 0 Å². The Hall–Kier alpha value is -1.93. The van der Waals surface area contributed by atoms with Crippen LogP contribution in [-0.2, 0) is 23.9 Å². The van der Waals surface area contributed by atoms with Crippen LogP contribution >= 0.6 is 0 Å². The van der Waals surface area contributed by atoms with Gasteiger partial charge in [0.05, 0.1) is 18.1 Å². The van der Waals surface area contributed by atoms with E-state index >= 15 is 0 Å². The Morgan fingerprint density at radius 2 is 2.03 bits per heavy atom. The summed E-state index contributed by atoms with van der Waals surface area (Å²) in [6, 6.07) is -0.762. The third kappa shape index (κ3) is 4.44. The van der Waals surface area contributed by atoms with Crippen molar-refractivity contribution in [3.63, 3.8) is 0 Å². The lowest BCUT2D eigenvalue weighted by molar-refractivity contribution is -0.160. The smallest absolute Gasteiger partial charge is 0.312 e. The second-order valence-electron chi connectivity index (χ2n) is 9.72. The van der Waals surface area contributed by atoms with Crippen LogP contribution in [0.4, 0.5) is 0 Å². The van der Waals surface area contributed by atoms with Crippen LogP contribution in [0.25, 0.3) is 0 Å². The van der Waals surface area contributed by atoms with E-state index in [1.165, 1.54) is 0 Å². The molecule has 3 rings (SSSR count). The quantitative estimate of drug-likeness (QED) is 0.255. The number of rotatable bonds is 13. The molecule has 8 heteroatoms. The van der Waals surface area contributed by atoms with E-state index in [9.17, 15) is 14.4 Å². The van der Waals surface area contributed by atoms with E-state index < -0.39 is 35.0 Å². The first-order chi connectivity index (χ1) is 15.8. The molecule has 186 valence electrons. The molecule has 0 aromatic heterocycles. The normalized spacial score (nSPS) is 32.2. The van der Waals surface area contributed by atoms with E-state index in [0.29, 0.717) is 45.3 Å². The molecule has 3 saturated heterocycles. The molecule has 0 aromatic rings. The SMILES string of the molecule is C=CCN(CCCC)C(=O)C1N(CCCCCO)C(=O)[C@@H]2[C@@H](C(=O)OCC)[C@@]3(C)CCC12O3. The van der Waals surface area contributed by atoms with Crippen LogP contribution in [0.1, 0.15) is 65.7 Å². The van der Waals surface area contributed by atoms with Crippen LogP contribution in [0.5, 0.6) is 0 Å². The van der Waals surface area contributed by atoms with E-state index in [1.54, 1.807) is 22.8 Å². The van der Waals surface area contributed by atoms with Gasteiger partial charge in [-0.1, -0.05) is 19.4 Å². The summed E-state index contributed by atoms with van der Waals surface area (Å²) in [5, 5.41) is 9.13. The van der Waals surface area contributed by atoms with Crippen LogP contribution in [0.2, 0.25) is 0 Å². The zero-order valence-corrected chi connectivity index (χ0v) is 20.4. The van der Waals surface area contributed by atoms with Gasteiger partial charge in [-0.15, -0.1) is 6.58 Å². The average Bonchev–Trinajstić information content (AvgIpc) is 3.35. The van der Waals surface area contributed by atoms with Crippen LogP contribution in [0.3, 0.4) is 0 Å². The zero-order valence-electron chi connectivity index (χ0n) is 20.4. The first-order valence-electron chi connectivity index (χ1n) is 12.5. The summed E-state index contributed by atoms with van der Waals surface area (Å²) in [5.74, 6) is -2.15. The number of esters is 1. The molecule has 0 aromatic carbocycles. The van der Waals surface area contributed by atoms with Gasteiger partial charge in [-0.25, -0.2) is 0 Å². The second-order valence-corrected chi connectivity index (χ2v) is 9.72. The fourth-order valence-electron chi connectivity index (χ4n) is 6.08. The Labute approximate surface area is 197 Å². The molecule has 3 fully saturated rings. The molecule has 0 aliphatic carbocycles. The maximum atomic E-state index is 14.0. The number of carbonyl (C=O) groups excluding carboxylic acids is 3. The number of hydrogen-bond acceptors (Lipinski definition) is 6. The molecule has 3 heterocycles. The molecule has 5 atom stereocenters. The molecule has 2 amide bonds. The number of hydrogen-bond donors (Lipinski definition) is 1. The maximum absolute atomic E-state index is 14.0. The molecule has 33 heavy (non-hydrogen) atoms. The third-order valence-electron chi connectivity index (χ3n) is 7.55. The largest absolute Gasteiger partial charge is 0.466 e. The minimum absolute atomic E-state index is 0.0966.